The molecular formula is C14H20N4O3. The molecule has 0 radical (unpaired) electrons. The largest absolute Gasteiger partial charge is 0.370 e. The van der Waals surface area contributed by atoms with Crippen LogP contribution in [0.2, 0.25) is 0 Å². The van der Waals surface area contributed by atoms with Crippen LogP contribution in [0.1, 0.15) is 43.5 Å². The van der Waals surface area contributed by atoms with Crippen LogP contribution in [0.5, 0.6) is 0 Å². The zero-order chi connectivity index (χ0) is 15.4. The molecule has 0 aliphatic heterocycles. The Morgan fingerprint density at radius 2 is 2.29 bits per heavy atom. The molecule has 7 nitrogen and oxygen atoms in total. The molecule has 1 atom stereocenters. The van der Waals surface area contributed by atoms with Crippen LogP contribution in [0.25, 0.3) is 0 Å². The third-order valence-corrected chi connectivity index (χ3v) is 3.57. The van der Waals surface area contributed by atoms with Crippen LogP contribution < -0.4 is 10.6 Å². The van der Waals surface area contributed by atoms with Crippen molar-refractivity contribution in [1.29, 1.82) is 0 Å². The Kier molecular flexibility index (Phi) is 4.72. The summed E-state index contributed by atoms with van der Waals surface area (Å²) in [5.74, 6) is 0.558. The molecule has 2 rings (SSSR count). The number of nitrogens with zero attached hydrogens (tertiary/aromatic N) is 2. The van der Waals surface area contributed by atoms with E-state index in [1.54, 1.807) is 0 Å². The minimum Gasteiger partial charge on any atom is -0.370 e. The Morgan fingerprint density at radius 3 is 2.86 bits per heavy atom. The maximum atomic E-state index is 12.3. The molecule has 0 bridgehead atoms. The highest BCUT2D eigenvalue weighted by molar-refractivity contribution is 5.98. The highest BCUT2D eigenvalue weighted by Gasteiger charge is 2.30. The second-order valence-corrected chi connectivity index (χ2v) is 5.37. The van der Waals surface area contributed by atoms with E-state index in [1.165, 1.54) is 6.07 Å². The maximum Gasteiger partial charge on any atom is 0.300 e. The minimum atomic E-state index is -0.576. The molecule has 1 unspecified atom stereocenters. The van der Waals surface area contributed by atoms with Crippen molar-refractivity contribution in [2.24, 2.45) is 5.92 Å². The highest BCUT2D eigenvalue weighted by Crippen LogP contribution is 2.32. The first-order valence-corrected chi connectivity index (χ1v) is 7.22. The van der Waals surface area contributed by atoms with Crippen molar-refractivity contribution in [2.75, 3.05) is 11.9 Å². The molecular weight excluding hydrogens is 272 g/mol. The van der Waals surface area contributed by atoms with Crippen molar-refractivity contribution in [1.82, 2.24) is 10.3 Å². The first kappa shape index (κ1) is 15.2. The number of nitrogens with one attached hydrogen (secondary N) is 2. The predicted molar refractivity (Wildman–Crippen MR) is 79.3 cm³/mol. The second-order valence-electron chi connectivity index (χ2n) is 5.37. The molecule has 2 N–H and O–H groups in total. The molecule has 1 aromatic heterocycles. The van der Waals surface area contributed by atoms with Crippen molar-refractivity contribution in [3.63, 3.8) is 0 Å². The van der Waals surface area contributed by atoms with Crippen LogP contribution in [0.15, 0.2) is 12.3 Å². The van der Waals surface area contributed by atoms with Crippen molar-refractivity contribution >= 4 is 17.4 Å². The molecule has 1 aromatic rings. The van der Waals surface area contributed by atoms with Gasteiger partial charge in [0.25, 0.3) is 11.6 Å². The van der Waals surface area contributed by atoms with Crippen LogP contribution in [-0.4, -0.2) is 28.4 Å². The topological polar surface area (TPSA) is 97.2 Å². The summed E-state index contributed by atoms with van der Waals surface area (Å²) in [5, 5.41) is 16.9. The SMILES string of the molecule is CCCNc1cc(C(=O)NC(C)C2CC2)c([N+](=O)[O-])cn1. The lowest BCUT2D eigenvalue weighted by molar-refractivity contribution is -0.385. The number of anilines is 1. The summed E-state index contributed by atoms with van der Waals surface area (Å²) in [7, 11) is 0. The number of hydrogen-bond donors (Lipinski definition) is 2. The molecule has 21 heavy (non-hydrogen) atoms. The zero-order valence-electron chi connectivity index (χ0n) is 12.3. The lowest BCUT2D eigenvalue weighted by Gasteiger charge is -2.13. The Bertz CT molecular complexity index is 543. The molecule has 0 saturated heterocycles. The van der Waals surface area contributed by atoms with E-state index in [0.717, 1.165) is 25.5 Å². The summed E-state index contributed by atoms with van der Waals surface area (Å²) in [5.41, 5.74) is -0.210. The van der Waals surface area contributed by atoms with Gasteiger partial charge < -0.3 is 10.6 Å². The lowest BCUT2D eigenvalue weighted by Crippen LogP contribution is -2.34. The summed E-state index contributed by atoms with van der Waals surface area (Å²) < 4.78 is 0. The van der Waals surface area contributed by atoms with Crippen molar-refractivity contribution in [3.05, 3.63) is 27.9 Å². The maximum absolute atomic E-state index is 12.3. The van der Waals surface area contributed by atoms with Crippen LogP contribution in [0, 0.1) is 16.0 Å². The van der Waals surface area contributed by atoms with E-state index in [-0.39, 0.29) is 17.3 Å². The molecule has 0 aromatic carbocycles. The summed E-state index contributed by atoms with van der Waals surface area (Å²) in [6.45, 7) is 4.63. The Balaban J connectivity index is 2.19. The van der Waals surface area contributed by atoms with Gasteiger partial charge in [0.1, 0.15) is 17.6 Å². The number of aromatic nitrogens is 1. The van der Waals surface area contributed by atoms with Gasteiger partial charge >= 0.3 is 0 Å². The van der Waals surface area contributed by atoms with E-state index < -0.39 is 10.8 Å². The first-order valence-electron chi connectivity index (χ1n) is 7.22. The average Bonchev–Trinajstić information content (AvgIpc) is 3.29. The fourth-order valence-electron chi connectivity index (χ4n) is 2.12. The summed E-state index contributed by atoms with van der Waals surface area (Å²) in [4.78, 5) is 26.7. The molecule has 1 saturated carbocycles. The van der Waals surface area contributed by atoms with Crippen molar-refractivity contribution < 1.29 is 9.72 Å². The van der Waals surface area contributed by atoms with Crippen molar-refractivity contribution in [3.8, 4) is 0 Å². The van der Waals surface area contributed by atoms with Gasteiger partial charge in [-0.2, -0.15) is 0 Å². The zero-order valence-corrected chi connectivity index (χ0v) is 12.3. The van der Waals surface area contributed by atoms with Gasteiger partial charge in [0.15, 0.2) is 0 Å². The molecule has 7 heteroatoms. The number of pyridine rings is 1. The molecule has 1 fully saturated rings. The number of rotatable bonds is 7. The van der Waals surface area contributed by atoms with E-state index >= 15 is 0 Å². The number of amides is 1. The Labute approximate surface area is 123 Å². The second kappa shape index (κ2) is 6.51. The normalized spacial score (nSPS) is 15.3. The number of hydrogen-bond acceptors (Lipinski definition) is 5. The van der Waals surface area contributed by atoms with E-state index in [4.69, 9.17) is 0 Å². The molecule has 1 aliphatic carbocycles. The van der Waals surface area contributed by atoms with E-state index in [2.05, 4.69) is 15.6 Å². The minimum absolute atomic E-state index is 0.0392. The van der Waals surface area contributed by atoms with Gasteiger partial charge in [-0.15, -0.1) is 0 Å². The van der Waals surface area contributed by atoms with E-state index in [1.807, 2.05) is 13.8 Å². The number of nitro groups is 1. The average molecular weight is 292 g/mol. The predicted octanol–water partition coefficient (Wildman–Crippen LogP) is 2.34. The van der Waals surface area contributed by atoms with Gasteiger partial charge in [0.2, 0.25) is 0 Å². The molecule has 1 heterocycles. The summed E-state index contributed by atoms with van der Waals surface area (Å²) in [6.07, 6.45) is 4.24. The van der Waals surface area contributed by atoms with Gasteiger partial charge in [-0.1, -0.05) is 6.92 Å². The smallest absolute Gasteiger partial charge is 0.300 e. The first-order chi connectivity index (χ1) is 10.0. The van der Waals surface area contributed by atoms with Gasteiger partial charge in [-0.3, -0.25) is 14.9 Å². The Morgan fingerprint density at radius 1 is 1.57 bits per heavy atom. The number of carbonyl (C=O) groups is 1. The molecule has 1 amide bonds. The van der Waals surface area contributed by atoms with Gasteiger partial charge in [-0.25, -0.2) is 4.98 Å². The van der Waals surface area contributed by atoms with Crippen molar-refractivity contribution in [2.45, 2.75) is 39.2 Å². The molecule has 114 valence electrons. The number of carbonyl (C=O) groups excluding carboxylic acids is 1. The monoisotopic (exact) mass is 292 g/mol. The van der Waals surface area contributed by atoms with E-state index in [9.17, 15) is 14.9 Å². The van der Waals surface area contributed by atoms with Crippen LogP contribution in [-0.2, 0) is 0 Å². The van der Waals surface area contributed by atoms with Crippen LogP contribution in [0.4, 0.5) is 11.5 Å². The highest BCUT2D eigenvalue weighted by atomic mass is 16.6. The van der Waals surface area contributed by atoms with Gasteiger partial charge in [0.05, 0.1) is 4.92 Å². The van der Waals surface area contributed by atoms with Crippen LogP contribution in [0.3, 0.4) is 0 Å². The third kappa shape index (κ3) is 3.90. The van der Waals surface area contributed by atoms with Gasteiger partial charge in [0, 0.05) is 18.7 Å². The fraction of sp³-hybridized carbons (Fsp3) is 0.571. The van der Waals surface area contributed by atoms with Crippen LogP contribution >= 0.6 is 0 Å². The Hall–Kier alpha value is -2.18. The standard InChI is InChI=1S/C14H20N4O3/c1-3-6-15-13-7-11(12(8-16-13)18(20)21)14(19)17-9(2)10-4-5-10/h7-10H,3-6H2,1-2H3,(H,15,16)(H,17,19). The lowest BCUT2D eigenvalue weighted by atomic mass is 10.1. The summed E-state index contributed by atoms with van der Waals surface area (Å²) >= 11 is 0. The van der Waals surface area contributed by atoms with E-state index in [0.29, 0.717) is 18.3 Å². The molecule has 1 aliphatic rings. The third-order valence-electron chi connectivity index (χ3n) is 3.57. The summed E-state index contributed by atoms with van der Waals surface area (Å²) in [6, 6.07) is 1.49. The molecule has 0 spiro atoms. The quantitative estimate of drug-likeness (QED) is 0.594. The fourth-order valence-corrected chi connectivity index (χ4v) is 2.12. The van der Waals surface area contributed by atoms with Gasteiger partial charge in [-0.05, 0) is 32.1 Å².